The Bertz CT molecular complexity index is 336. The smallest absolute Gasteiger partial charge is 0.133 e. The van der Waals surface area contributed by atoms with Gasteiger partial charge >= 0.3 is 0 Å². The molecule has 1 aliphatic rings. The fourth-order valence-electron chi connectivity index (χ4n) is 1.52. The molecule has 0 aliphatic heterocycles. The molecule has 76 valence electrons. The molecule has 0 radical (unpaired) electrons. The van der Waals surface area contributed by atoms with E-state index < -0.39 is 0 Å². The van der Waals surface area contributed by atoms with Crippen molar-refractivity contribution in [1.29, 1.82) is 0 Å². The van der Waals surface area contributed by atoms with Crippen molar-refractivity contribution in [2.45, 2.75) is 18.2 Å². The van der Waals surface area contributed by atoms with Crippen molar-refractivity contribution in [3.05, 3.63) is 28.2 Å². The number of alkyl halides is 1. The van der Waals surface area contributed by atoms with Crippen LogP contribution in [0.3, 0.4) is 0 Å². The molecule has 0 saturated heterocycles. The molecule has 2 rings (SSSR count). The van der Waals surface area contributed by atoms with Gasteiger partial charge in [-0.2, -0.15) is 0 Å². The molecule has 1 saturated carbocycles. The second kappa shape index (κ2) is 4.11. The Kier molecular flexibility index (Phi) is 3.03. The fourth-order valence-corrected chi connectivity index (χ4v) is 2.46. The van der Waals surface area contributed by atoms with Gasteiger partial charge in [0, 0.05) is 0 Å². The van der Waals surface area contributed by atoms with Crippen molar-refractivity contribution in [3.63, 3.8) is 0 Å². The summed E-state index contributed by atoms with van der Waals surface area (Å²) in [6, 6.07) is 6.05. The van der Waals surface area contributed by atoms with Crippen LogP contribution in [0.2, 0.25) is 0 Å². The van der Waals surface area contributed by atoms with E-state index in [0.29, 0.717) is 5.92 Å². The van der Waals surface area contributed by atoms with E-state index in [0.717, 1.165) is 10.2 Å². The van der Waals surface area contributed by atoms with Gasteiger partial charge in [-0.3, -0.25) is 0 Å². The maximum absolute atomic E-state index is 6.31. The maximum atomic E-state index is 6.31. The number of halogens is 2. The maximum Gasteiger partial charge on any atom is 0.133 e. The van der Waals surface area contributed by atoms with Gasteiger partial charge in [-0.15, -0.1) is 11.6 Å². The van der Waals surface area contributed by atoms with Crippen molar-refractivity contribution in [2.24, 2.45) is 5.92 Å². The van der Waals surface area contributed by atoms with Gasteiger partial charge in [-0.1, -0.05) is 6.07 Å². The van der Waals surface area contributed by atoms with Crippen LogP contribution in [0.4, 0.5) is 0 Å². The Hall–Kier alpha value is -0.210. The number of hydrogen-bond acceptors (Lipinski definition) is 1. The van der Waals surface area contributed by atoms with Crippen LogP contribution >= 0.6 is 27.5 Å². The fraction of sp³-hybridized carbons (Fsp3) is 0.455. The Morgan fingerprint density at radius 1 is 1.50 bits per heavy atom. The first-order chi connectivity index (χ1) is 6.72. The van der Waals surface area contributed by atoms with Gasteiger partial charge in [0.25, 0.3) is 0 Å². The predicted molar refractivity (Wildman–Crippen MR) is 62.0 cm³/mol. The topological polar surface area (TPSA) is 9.23 Å². The van der Waals surface area contributed by atoms with Crippen LogP contribution in [0, 0.1) is 5.92 Å². The monoisotopic (exact) mass is 274 g/mol. The van der Waals surface area contributed by atoms with Crippen LogP contribution in [-0.2, 0) is 0 Å². The van der Waals surface area contributed by atoms with Crippen molar-refractivity contribution in [3.8, 4) is 5.75 Å². The Labute approximate surface area is 97.5 Å². The summed E-state index contributed by atoms with van der Waals surface area (Å²) >= 11 is 9.77. The molecular formula is C11H12BrClO. The molecule has 0 N–H and O–H groups in total. The molecule has 0 bridgehead atoms. The normalized spacial score (nSPS) is 17.9. The molecular weight excluding hydrogens is 263 g/mol. The molecule has 0 amide bonds. The highest BCUT2D eigenvalue weighted by molar-refractivity contribution is 9.10. The molecule has 1 aliphatic carbocycles. The number of ether oxygens (including phenoxy) is 1. The van der Waals surface area contributed by atoms with Gasteiger partial charge in [-0.25, -0.2) is 0 Å². The standard InChI is InChI=1S/C11H12BrClO/c1-14-10-5-4-8(6-9(10)12)11(13)7-2-3-7/h4-7,11H,2-3H2,1H3. The zero-order valence-electron chi connectivity index (χ0n) is 7.97. The molecule has 3 heteroatoms. The van der Waals surface area contributed by atoms with Crippen LogP contribution in [0.1, 0.15) is 23.8 Å². The first-order valence-corrected chi connectivity index (χ1v) is 5.93. The minimum Gasteiger partial charge on any atom is -0.496 e. The van der Waals surface area contributed by atoms with E-state index in [-0.39, 0.29) is 5.38 Å². The zero-order chi connectivity index (χ0) is 10.1. The van der Waals surface area contributed by atoms with E-state index in [1.54, 1.807) is 7.11 Å². The number of hydrogen-bond donors (Lipinski definition) is 0. The van der Waals surface area contributed by atoms with Crippen LogP contribution in [0.15, 0.2) is 22.7 Å². The lowest BCUT2D eigenvalue weighted by molar-refractivity contribution is 0.412. The molecule has 0 aromatic heterocycles. The van der Waals surface area contributed by atoms with E-state index in [4.69, 9.17) is 16.3 Å². The third-order valence-electron chi connectivity index (χ3n) is 2.53. The first-order valence-electron chi connectivity index (χ1n) is 4.70. The van der Waals surface area contributed by atoms with Gasteiger partial charge in [0.15, 0.2) is 0 Å². The summed E-state index contributed by atoms with van der Waals surface area (Å²) in [6.45, 7) is 0. The van der Waals surface area contributed by atoms with E-state index in [1.807, 2.05) is 12.1 Å². The first kappa shape index (κ1) is 10.3. The molecule has 1 aromatic carbocycles. The van der Waals surface area contributed by atoms with Gasteiger partial charge in [0.1, 0.15) is 5.75 Å². The third kappa shape index (κ3) is 2.06. The molecule has 0 heterocycles. The summed E-state index contributed by atoms with van der Waals surface area (Å²) in [5.41, 5.74) is 1.18. The summed E-state index contributed by atoms with van der Waals surface area (Å²) < 4.78 is 6.14. The van der Waals surface area contributed by atoms with E-state index in [1.165, 1.54) is 18.4 Å². The third-order valence-corrected chi connectivity index (χ3v) is 3.76. The summed E-state index contributed by atoms with van der Waals surface area (Å²) in [5, 5.41) is 0.164. The molecule has 14 heavy (non-hydrogen) atoms. The van der Waals surface area contributed by atoms with Crippen LogP contribution in [0.25, 0.3) is 0 Å². The zero-order valence-corrected chi connectivity index (χ0v) is 10.3. The van der Waals surface area contributed by atoms with Crippen LogP contribution < -0.4 is 4.74 Å². The lowest BCUT2D eigenvalue weighted by Gasteiger charge is -2.10. The Balaban J connectivity index is 2.22. The highest BCUT2D eigenvalue weighted by atomic mass is 79.9. The molecule has 1 unspecified atom stereocenters. The quantitative estimate of drug-likeness (QED) is 0.753. The van der Waals surface area contributed by atoms with Crippen molar-refractivity contribution >= 4 is 27.5 Å². The van der Waals surface area contributed by atoms with Gasteiger partial charge in [0.2, 0.25) is 0 Å². The predicted octanol–water partition coefficient (Wildman–Crippen LogP) is 4.15. The average Bonchev–Trinajstić information content (AvgIpc) is 3.00. The summed E-state index contributed by atoms with van der Waals surface area (Å²) in [6.07, 6.45) is 2.52. The Morgan fingerprint density at radius 3 is 2.71 bits per heavy atom. The average molecular weight is 276 g/mol. The van der Waals surface area contributed by atoms with Crippen molar-refractivity contribution in [2.75, 3.05) is 7.11 Å². The van der Waals surface area contributed by atoms with Crippen LogP contribution in [0.5, 0.6) is 5.75 Å². The molecule has 1 atom stereocenters. The van der Waals surface area contributed by atoms with Crippen LogP contribution in [-0.4, -0.2) is 7.11 Å². The second-order valence-corrected chi connectivity index (χ2v) is 4.96. The lowest BCUT2D eigenvalue weighted by Crippen LogP contribution is -1.93. The van der Waals surface area contributed by atoms with Gasteiger partial charge < -0.3 is 4.74 Å². The van der Waals surface area contributed by atoms with Gasteiger partial charge in [-0.05, 0) is 52.4 Å². The van der Waals surface area contributed by atoms with Gasteiger partial charge in [0.05, 0.1) is 17.0 Å². The van der Waals surface area contributed by atoms with E-state index in [2.05, 4.69) is 22.0 Å². The van der Waals surface area contributed by atoms with E-state index in [9.17, 15) is 0 Å². The largest absolute Gasteiger partial charge is 0.496 e. The molecule has 1 nitrogen and oxygen atoms in total. The highest BCUT2D eigenvalue weighted by Gasteiger charge is 2.30. The minimum atomic E-state index is 0.164. The lowest BCUT2D eigenvalue weighted by atomic mass is 10.1. The number of benzene rings is 1. The minimum absolute atomic E-state index is 0.164. The molecule has 1 fully saturated rings. The summed E-state index contributed by atoms with van der Waals surface area (Å²) in [7, 11) is 1.67. The Morgan fingerprint density at radius 2 is 2.21 bits per heavy atom. The second-order valence-electron chi connectivity index (χ2n) is 3.63. The van der Waals surface area contributed by atoms with E-state index >= 15 is 0 Å². The SMILES string of the molecule is COc1ccc(C(Cl)C2CC2)cc1Br. The summed E-state index contributed by atoms with van der Waals surface area (Å²) in [5.74, 6) is 1.53. The number of rotatable bonds is 3. The molecule has 0 spiro atoms. The van der Waals surface area contributed by atoms with Crippen molar-refractivity contribution < 1.29 is 4.74 Å². The highest BCUT2D eigenvalue weighted by Crippen LogP contribution is 2.46. The van der Waals surface area contributed by atoms with Crippen molar-refractivity contribution in [1.82, 2.24) is 0 Å². The molecule has 1 aromatic rings. The number of methoxy groups -OCH3 is 1. The summed E-state index contributed by atoms with van der Waals surface area (Å²) in [4.78, 5) is 0.